The van der Waals surface area contributed by atoms with Crippen LogP contribution < -0.4 is 4.74 Å². The van der Waals surface area contributed by atoms with Gasteiger partial charge in [0, 0.05) is 0 Å². The molecule has 1 aromatic rings. The highest BCUT2D eigenvalue weighted by atomic mass is 32.2. The number of benzene rings is 1. The molecule has 0 saturated carbocycles. The van der Waals surface area contributed by atoms with E-state index >= 15 is 0 Å². The van der Waals surface area contributed by atoms with E-state index in [2.05, 4.69) is 0 Å². The largest absolute Gasteiger partial charge is 0.497 e. The fourth-order valence-electron chi connectivity index (χ4n) is 2.05. The molecule has 0 radical (unpaired) electrons. The third kappa shape index (κ3) is 3.92. The number of nitrogens with zero attached hydrogens (tertiary/aromatic N) is 1. The summed E-state index contributed by atoms with van der Waals surface area (Å²) < 4.78 is 5.07. The van der Waals surface area contributed by atoms with E-state index in [0.29, 0.717) is 11.3 Å². The first-order valence-electron chi connectivity index (χ1n) is 6.69. The lowest BCUT2D eigenvalue weighted by molar-refractivity contribution is -0.150. The van der Waals surface area contributed by atoms with Gasteiger partial charge in [-0.3, -0.25) is 14.5 Å². The number of rotatable bonds is 6. The average molecular weight is 367 g/mol. The maximum absolute atomic E-state index is 12.4. The highest BCUT2D eigenvalue weighted by Crippen LogP contribution is 2.34. The molecule has 1 unspecified atom stereocenters. The van der Waals surface area contributed by atoms with Gasteiger partial charge in [-0.1, -0.05) is 36.1 Å². The van der Waals surface area contributed by atoms with Crippen LogP contribution >= 0.6 is 24.0 Å². The predicted molar refractivity (Wildman–Crippen MR) is 91.7 cm³/mol. The summed E-state index contributed by atoms with van der Waals surface area (Å²) in [5.74, 6) is -2.70. The summed E-state index contributed by atoms with van der Waals surface area (Å²) in [7, 11) is 1.54. The Hall–Kier alpha value is -2.39. The van der Waals surface area contributed by atoms with Crippen LogP contribution in [0, 0.1) is 0 Å². The summed E-state index contributed by atoms with van der Waals surface area (Å²) in [6, 6.07) is 5.37. The van der Waals surface area contributed by atoms with Crippen LogP contribution in [0.1, 0.15) is 12.0 Å². The van der Waals surface area contributed by atoms with Crippen molar-refractivity contribution in [3.05, 3.63) is 34.7 Å². The Morgan fingerprint density at radius 3 is 2.46 bits per heavy atom. The van der Waals surface area contributed by atoms with Crippen LogP contribution in [0.5, 0.6) is 5.75 Å². The van der Waals surface area contributed by atoms with Gasteiger partial charge in [0.15, 0.2) is 0 Å². The molecule has 24 heavy (non-hydrogen) atoms. The molecule has 9 heteroatoms. The highest BCUT2D eigenvalue weighted by molar-refractivity contribution is 8.26. The first kappa shape index (κ1) is 18.0. The molecule has 0 aromatic heterocycles. The van der Waals surface area contributed by atoms with Crippen LogP contribution in [0.25, 0.3) is 6.08 Å². The summed E-state index contributed by atoms with van der Waals surface area (Å²) in [4.78, 5) is 35.6. The summed E-state index contributed by atoms with van der Waals surface area (Å²) in [5, 5.41) is 18.0. The van der Waals surface area contributed by atoms with E-state index in [1.54, 1.807) is 30.3 Å². The van der Waals surface area contributed by atoms with Crippen LogP contribution in [0.2, 0.25) is 0 Å². The van der Waals surface area contributed by atoms with Crippen molar-refractivity contribution in [1.29, 1.82) is 0 Å². The van der Waals surface area contributed by atoms with Crippen molar-refractivity contribution >= 4 is 52.2 Å². The topological polar surface area (TPSA) is 104 Å². The number of carboxylic acids is 2. The quantitative estimate of drug-likeness (QED) is 0.580. The van der Waals surface area contributed by atoms with E-state index in [1.807, 2.05) is 0 Å². The third-order valence-electron chi connectivity index (χ3n) is 3.20. The van der Waals surface area contributed by atoms with E-state index < -0.39 is 30.3 Å². The smallest absolute Gasteiger partial charge is 0.327 e. The van der Waals surface area contributed by atoms with E-state index in [9.17, 15) is 19.5 Å². The number of carboxylic acid groups (broad SMARTS) is 2. The number of carbonyl (C=O) groups excluding carboxylic acids is 1. The maximum atomic E-state index is 12.4. The zero-order valence-corrected chi connectivity index (χ0v) is 14.1. The van der Waals surface area contributed by atoms with Gasteiger partial charge in [0.25, 0.3) is 5.91 Å². The minimum absolute atomic E-state index is 0.0217. The monoisotopic (exact) mass is 367 g/mol. The van der Waals surface area contributed by atoms with Crippen molar-refractivity contribution < 1.29 is 29.3 Å². The van der Waals surface area contributed by atoms with Gasteiger partial charge < -0.3 is 14.9 Å². The normalized spacial score (nSPS) is 17.2. The van der Waals surface area contributed by atoms with E-state index in [1.165, 1.54) is 7.11 Å². The Bertz CT molecular complexity index is 728. The van der Waals surface area contributed by atoms with Gasteiger partial charge in [-0.15, -0.1) is 0 Å². The molecular formula is C15H13NO6S2. The van der Waals surface area contributed by atoms with Crippen molar-refractivity contribution in [2.75, 3.05) is 7.11 Å². The number of aliphatic carboxylic acids is 2. The summed E-state index contributed by atoms with van der Waals surface area (Å²) in [6.07, 6.45) is 0.843. The van der Waals surface area contributed by atoms with Crippen molar-refractivity contribution in [2.45, 2.75) is 12.5 Å². The van der Waals surface area contributed by atoms with Gasteiger partial charge in [-0.2, -0.15) is 0 Å². The van der Waals surface area contributed by atoms with Crippen LogP contribution in [-0.2, 0) is 14.4 Å². The maximum Gasteiger partial charge on any atom is 0.327 e. The summed E-state index contributed by atoms with van der Waals surface area (Å²) in [6.45, 7) is 0. The number of hydrogen-bond acceptors (Lipinski definition) is 6. The zero-order valence-electron chi connectivity index (χ0n) is 12.5. The Morgan fingerprint density at radius 1 is 1.33 bits per heavy atom. The summed E-state index contributed by atoms with van der Waals surface area (Å²) in [5.41, 5.74) is 0.710. The van der Waals surface area contributed by atoms with E-state index in [-0.39, 0.29) is 9.23 Å². The summed E-state index contributed by atoms with van der Waals surface area (Å²) >= 11 is 5.99. The van der Waals surface area contributed by atoms with Crippen molar-refractivity contribution in [3.8, 4) is 5.75 Å². The molecule has 126 valence electrons. The minimum atomic E-state index is -1.53. The lowest BCUT2D eigenvalue weighted by atomic mass is 10.1. The number of methoxy groups -OCH3 is 1. The van der Waals surface area contributed by atoms with Gasteiger partial charge in [-0.05, 0) is 23.8 Å². The second-order valence-corrected chi connectivity index (χ2v) is 6.45. The van der Waals surface area contributed by atoms with E-state index in [0.717, 1.165) is 16.7 Å². The fraction of sp³-hybridized carbons (Fsp3) is 0.200. The SMILES string of the molecule is COc1ccc(/C=C2\SC(=S)N(C(CC(=O)O)C(=O)O)C2=O)cc1. The number of thioether (sulfide) groups is 1. The molecule has 1 aromatic carbocycles. The number of amides is 1. The second kappa shape index (κ2) is 7.45. The Balaban J connectivity index is 2.27. The molecule has 0 spiro atoms. The van der Waals surface area contributed by atoms with Crippen LogP contribution in [0.3, 0.4) is 0 Å². The third-order valence-corrected chi connectivity index (χ3v) is 4.53. The number of hydrogen-bond donors (Lipinski definition) is 2. The molecule has 0 bridgehead atoms. The second-order valence-electron chi connectivity index (χ2n) is 4.78. The Kier molecular flexibility index (Phi) is 5.58. The fourth-order valence-corrected chi connectivity index (χ4v) is 3.41. The van der Waals surface area contributed by atoms with Crippen LogP contribution in [0.4, 0.5) is 0 Å². The predicted octanol–water partition coefficient (Wildman–Crippen LogP) is 1.82. The average Bonchev–Trinajstić information content (AvgIpc) is 2.79. The first-order chi connectivity index (χ1) is 11.3. The molecule has 1 heterocycles. The van der Waals surface area contributed by atoms with Crippen molar-refractivity contribution in [2.24, 2.45) is 0 Å². The first-order valence-corrected chi connectivity index (χ1v) is 7.91. The molecular weight excluding hydrogens is 354 g/mol. The standard InChI is InChI=1S/C15H13NO6S2/c1-22-9-4-2-8(3-5-9)6-11-13(19)16(15(23)24-11)10(14(20)21)7-12(17)18/h2-6,10H,7H2,1H3,(H,17,18)(H,20,21)/b11-6-. The Labute approximate surface area is 146 Å². The molecule has 2 N–H and O–H groups in total. The van der Waals surface area contributed by atoms with E-state index in [4.69, 9.17) is 22.1 Å². The van der Waals surface area contributed by atoms with Crippen LogP contribution in [-0.4, -0.2) is 50.4 Å². The number of carbonyl (C=O) groups is 3. The zero-order chi connectivity index (χ0) is 17.9. The minimum Gasteiger partial charge on any atom is -0.497 e. The molecule has 1 fully saturated rings. The highest BCUT2D eigenvalue weighted by Gasteiger charge is 2.41. The van der Waals surface area contributed by atoms with Gasteiger partial charge >= 0.3 is 11.9 Å². The van der Waals surface area contributed by atoms with Gasteiger partial charge in [-0.25, -0.2) is 4.79 Å². The number of thiocarbonyl (C=S) groups is 1. The van der Waals surface area contributed by atoms with Gasteiger partial charge in [0.2, 0.25) is 0 Å². The molecule has 2 rings (SSSR count). The van der Waals surface area contributed by atoms with Crippen molar-refractivity contribution in [1.82, 2.24) is 4.90 Å². The van der Waals surface area contributed by atoms with Crippen LogP contribution in [0.15, 0.2) is 29.2 Å². The molecule has 1 aliphatic rings. The lowest BCUT2D eigenvalue weighted by Gasteiger charge is -2.21. The molecule has 1 saturated heterocycles. The molecule has 0 aliphatic carbocycles. The number of ether oxygens (including phenoxy) is 1. The molecule has 1 atom stereocenters. The molecule has 1 amide bonds. The van der Waals surface area contributed by atoms with Gasteiger partial charge in [0.05, 0.1) is 18.4 Å². The van der Waals surface area contributed by atoms with Gasteiger partial charge in [0.1, 0.15) is 16.1 Å². The Morgan fingerprint density at radius 2 is 1.96 bits per heavy atom. The lowest BCUT2D eigenvalue weighted by Crippen LogP contribution is -2.45. The molecule has 1 aliphatic heterocycles. The van der Waals surface area contributed by atoms with Crippen molar-refractivity contribution in [3.63, 3.8) is 0 Å². The molecule has 7 nitrogen and oxygen atoms in total.